The fourth-order valence-electron chi connectivity index (χ4n) is 4.68. The van der Waals surface area contributed by atoms with Crippen molar-refractivity contribution in [3.05, 3.63) is 76.1 Å². The first kappa shape index (κ1) is 27.7. The Balaban J connectivity index is 1.57. The fourth-order valence-corrected chi connectivity index (χ4v) is 4.85. The van der Waals surface area contributed by atoms with E-state index in [1.807, 2.05) is 0 Å². The van der Waals surface area contributed by atoms with Gasteiger partial charge in [-0.05, 0) is 42.7 Å². The summed E-state index contributed by atoms with van der Waals surface area (Å²) in [5.74, 6) is -2.28. The number of aromatic nitrogens is 4. The second kappa shape index (κ2) is 10.9. The molecule has 0 spiro atoms. The Kier molecular flexibility index (Phi) is 7.56. The number of methoxy groups -OCH3 is 1. The maximum Gasteiger partial charge on any atom is 0.395 e. The van der Waals surface area contributed by atoms with E-state index in [-0.39, 0.29) is 18.6 Å². The van der Waals surface area contributed by atoms with Crippen molar-refractivity contribution in [1.82, 2.24) is 19.2 Å². The Morgan fingerprint density at radius 3 is 2.80 bits per heavy atom. The van der Waals surface area contributed by atoms with Gasteiger partial charge in [0, 0.05) is 48.1 Å². The molecule has 0 bridgehead atoms. The minimum Gasteiger partial charge on any atom is -0.491 e. The van der Waals surface area contributed by atoms with Gasteiger partial charge in [0.15, 0.2) is 5.65 Å². The quantitative estimate of drug-likeness (QED) is 0.350. The van der Waals surface area contributed by atoms with Crippen LogP contribution in [-0.2, 0) is 16.0 Å². The molecule has 40 heavy (non-hydrogen) atoms. The maximum absolute atomic E-state index is 13.8. The molecule has 210 valence electrons. The number of pyridine rings is 2. The second-order valence-corrected chi connectivity index (χ2v) is 10.1. The molecule has 1 N–H and O–H groups in total. The predicted octanol–water partition coefficient (Wildman–Crippen LogP) is 4.93. The molecule has 4 aromatic rings. The first-order valence-corrected chi connectivity index (χ1v) is 12.8. The van der Waals surface area contributed by atoms with E-state index in [1.165, 1.54) is 48.4 Å². The summed E-state index contributed by atoms with van der Waals surface area (Å²) in [6, 6.07) is 7.98. The van der Waals surface area contributed by atoms with E-state index in [9.17, 15) is 22.8 Å². The van der Waals surface area contributed by atoms with E-state index in [1.54, 1.807) is 25.3 Å². The lowest BCUT2D eigenvalue weighted by molar-refractivity contribution is -0.181. The number of nitrogens with one attached hydrogen (secondary N) is 1. The Bertz CT molecular complexity index is 1620. The molecule has 3 aromatic heterocycles. The number of ether oxygens (including phenoxy) is 2. The number of hydrogen-bond acceptors (Lipinski definition) is 6. The summed E-state index contributed by atoms with van der Waals surface area (Å²) in [6.07, 6.45) is -0.891. The summed E-state index contributed by atoms with van der Waals surface area (Å²) in [6.45, 7) is 1.09. The molecule has 1 aliphatic rings. The van der Waals surface area contributed by atoms with Crippen molar-refractivity contribution in [3.63, 3.8) is 0 Å². The number of hydrogen-bond donors (Lipinski definition) is 1. The summed E-state index contributed by atoms with van der Waals surface area (Å²) in [4.78, 5) is 31.1. The molecule has 0 saturated carbocycles. The van der Waals surface area contributed by atoms with E-state index in [0.29, 0.717) is 33.0 Å². The van der Waals surface area contributed by atoms with Crippen LogP contribution in [0.15, 0.2) is 59.9 Å². The number of amides is 1. The molecule has 1 amide bonds. The fraction of sp³-hybridized carbons (Fsp3) is 0.333. The molecule has 4 heterocycles. The third-order valence-electron chi connectivity index (χ3n) is 6.92. The molecule has 0 aliphatic carbocycles. The van der Waals surface area contributed by atoms with Gasteiger partial charge >= 0.3 is 6.18 Å². The SMILES string of the molecule is CO[C@@H](C)CC(C(=O)Nc1ccn2ncnc2c1)n1cc2c(cc1=O)-c1cc(Cl)ccc1C[C@@H](C(F)(F)F)CO2. The topological polar surface area (TPSA) is 99.7 Å². The molecule has 1 unspecified atom stereocenters. The van der Waals surface area contributed by atoms with E-state index in [2.05, 4.69) is 15.4 Å². The van der Waals surface area contributed by atoms with Crippen LogP contribution in [0.3, 0.4) is 0 Å². The lowest BCUT2D eigenvalue weighted by Gasteiger charge is -2.28. The van der Waals surface area contributed by atoms with Gasteiger partial charge in [0.05, 0.1) is 18.2 Å². The van der Waals surface area contributed by atoms with Crippen molar-refractivity contribution in [2.75, 3.05) is 19.0 Å². The van der Waals surface area contributed by atoms with Crippen LogP contribution >= 0.6 is 11.6 Å². The number of nitrogens with zero attached hydrogens (tertiary/aromatic N) is 4. The Morgan fingerprint density at radius 1 is 1.25 bits per heavy atom. The van der Waals surface area contributed by atoms with Crippen LogP contribution < -0.4 is 15.6 Å². The molecule has 0 fully saturated rings. The van der Waals surface area contributed by atoms with Crippen molar-refractivity contribution in [2.45, 2.75) is 38.1 Å². The molecule has 13 heteroatoms. The minimum absolute atomic E-state index is 0.0322. The van der Waals surface area contributed by atoms with Gasteiger partial charge in [-0.3, -0.25) is 14.2 Å². The van der Waals surface area contributed by atoms with E-state index in [0.717, 1.165) is 4.57 Å². The van der Waals surface area contributed by atoms with Gasteiger partial charge < -0.3 is 14.8 Å². The third-order valence-corrected chi connectivity index (χ3v) is 7.15. The average molecular weight is 576 g/mol. The van der Waals surface area contributed by atoms with E-state index in [4.69, 9.17) is 21.1 Å². The zero-order chi connectivity index (χ0) is 28.6. The van der Waals surface area contributed by atoms with Crippen molar-refractivity contribution in [3.8, 4) is 16.9 Å². The van der Waals surface area contributed by atoms with Crippen LogP contribution in [-0.4, -0.2) is 51.1 Å². The smallest absolute Gasteiger partial charge is 0.395 e. The van der Waals surface area contributed by atoms with Gasteiger partial charge in [-0.2, -0.15) is 18.3 Å². The molecule has 5 rings (SSSR count). The van der Waals surface area contributed by atoms with Crippen molar-refractivity contribution < 1.29 is 27.4 Å². The van der Waals surface area contributed by atoms with Crippen LogP contribution in [0.25, 0.3) is 16.8 Å². The standard InChI is InChI=1S/C27H25ClF3N5O4/c1-15(39-2)7-22(26(38)34-19-5-6-36-24(10-19)32-14-33-36)35-12-23-21(11-25(35)37)20-9-18(28)4-3-16(20)8-17(13-40-23)27(29,30)31/h3-6,9-12,14-15,17,22H,7-8,13H2,1-2H3,(H,34,38)/t15-,17+,22?/m0/s1. The van der Waals surface area contributed by atoms with Gasteiger partial charge in [-0.15, -0.1) is 0 Å². The zero-order valence-corrected chi connectivity index (χ0v) is 22.2. The van der Waals surface area contributed by atoms with Crippen LogP contribution in [0.4, 0.5) is 18.9 Å². The van der Waals surface area contributed by atoms with Gasteiger partial charge in [0.1, 0.15) is 24.7 Å². The molecule has 9 nitrogen and oxygen atoms in total. The number of anilines is 1. The first-order valence-electron chi connectivity index (χ1n) is 12.4. The molecule has 3 atom stereocenters. The third kappa shape index (κ3) is 5.68. The van der Waals surface area contributed by atoms with Crippen LogP contribution in [0.5, 0.6) is 5.75 Å². The van der Waals surface area contributed by atoms with Gasteiger partial charge in [0.25, 0.3) is 5.56 Å². The highest BCUT2D eigenvalue weighted by atomic mass is 35.5. The Labute approximate surface area is 231 Å². The van der Waals surface area contributed by atoms with Gasteiger partial charge in [-0.1, -0.05) is 17.7 Å². The van der Waals surface area contributed by atoms with Crippen molar-refractivity contribution >= 4 is 28.8 Å². The Morgan fingerprint density at radius 2 is 2.05 bits per heavy atom. The van der Waals surface area contributed by atoms with Crippen molar-refractivity contribution in [2.24, 2.45) is 5.92 Å². The van der Waals surface area contributed by atoms with Crippen LogP contribution in [0.2, 0.25) is 5.02 Å². The molecule has 0 saturated heterocycles. The Hall–Kier alpha value is -3.90. The average Bonchev–Trinajstić information content (AvgIpc) is 3.37. The molecule has 1 aromatic carbocycles. The molecule has 0 radical (unpaired) electrons. The van der Waals surface area contributed by atoms with Crippen LogP contribution in [0.1, 0.15) is 24.9 Å². The predicted molar refractivity (Wildman–Crippen MR) is 142 cm³/mol. The first-order chi connectivity index (χ1) is 19.0. The molecular weight excluding hydrogens is 551 g/mol. The number of fused-ring (bicyclic) bond motifs is 4. The summed E-state index contributed by atoms with van der Waals surface area (Å²) in [7, 11) is 1.48. The minimum atomic E-state index is -4.51. The highest BCUT2D eigenvalue weighted by Gasteiger charge is 2.41. The summed E-state index contributed by atoms with van der Waals surface area (Å²) in [5.41, 5.74) is 1.44. The molecular formula is C27H25ClF3N5O4. The van der Waals surface area contributed by atoms with Crippen molar-refractivity contribution in [1.29, 1.82) is 0 Å². The number of halogens is 4. The molecule has 1 aliphatic heterocycles. The largest absolute Gasteiger partial charge is 0.491 e. The summed E-state index contributed by atoms with van der Waals surface area (Å²) in [5, 5.41) is 7.11. The van der Waals surface area contributed by atoms with E-state index < -0.39 is 42.3 Å². The zero-order valence-electron chi connectivity index (χ0n) is 21.5. The lowest BCUT2D eigenvalue weighted by atomic mass is 9.91. The number of benzene rings is 1. The maximum atomic E-state index is 13.8. The number of carbonyl (C=O) groups excluding carboxylic acids is 1. The highest BCUT2D eigenvalue weighted by molar-refractivity contribution is 6.30. The number of rotatable bonds is 6. The normalized spacial score (nSPS) is 16.7. The number of carbonyl (C=O) groups is 1. The van der Waals surface area contributed by atoms with E-state index >= 15 is 0 Å². The number of alkyl halides is 3. The lowest BCUT2D eigenvalue weighted by Crippen LogP contribution is -2.36. The van der Waals surface area contributed by atoms with Crippen LogP contribution in [0, 0.1) is 5.92 Å². The summed E-state index contributed by atoms with van der Waals surface area (Å²) >= 11 is 6.18. The highest BCUT2D eigenvalue weighted by Crippen LogP contribution is 2.40. The second-order valence-electron chi connectivity index (χ2n) is 9.62. The van der Waals surface area contributed by atoms with Gasteiger partial charge in [0.2, 0.25) is 5.91 Å². The van der Waals surface area contributed by atoms with Gasteiger partial charge in [-0.25, -0.2) is 9.50 Å². The summed E-state index contributed by atoms with van der Waals surface area (Å²) < 4.78 is 55.1. The monoisotopic (exact) mass is 575 g/mol.